The molecule has 5 heteroatoms. The van der Waals surface area contributed by atoms with Gasteiger partial charge in [-0.15, -0.1) is 0 Å². The number of carbonyl (C=O) groups is 1. The molecule has 104 valence electrons. The molecule has 5 nitrogen and oxygen atoms in total. The van der Waals surface area contributed by atoms with Gasteiger partial charge in [0.2, 0.25) is 0 Å². The molecule has 1 heterocycles. The zero-order valence-corrected chi connectivity index (χ0v) is 11.0. The van der Waals surface area contributed by atoms with Crippen LogP contribution in [0, 0.1) is 0 Å². The molecule has 3 N–H and O–H groups in total. The fourth-order valence-electron chi connectivity index (χ4n) is 2.08. The maximum Gasteiger partial charge on any atom is 0.421 e. The first-order valence-corrected chi connectivity index (χ1v) is 6.77. The van der Waals surface area contributed by atoms with E-state index in [1.165, 1.54) is 0 Å². The number of ether oxygens (including phenoxy) is 1. The van der Waals surface area contributed by atoms with Crippen molar-refractivity contribution < 1.29 is 9.53 Å². The van der Waals surface area contributed by atoms with E-state index in [0.717, 1.165) is 37.9 Å². The number of benzene rings is 1. The summed E-state index contributed by atoms with van der Waals surface area (Å²) in [5, 5.41) is 3.33. The molecule has 0 aliphatic carbocycles. The van der Waals surface area contributed by atoms with Crippen molar-refractivity contribution in [2.75, 3.05) is 13.1 Å². The molecule has 1 aliphatic rings. The Morgan fingerprint density at radius 2 is 2.11 bits per heavy atom. The van der Waals surface area contributed by atoms with E-state index >= 15 is 0 Å². The van der Waals surface area contributed by atoms with Gasteiger partial charge >= 0.3 is 6.09 Å². The Hall–Kier alpha value is -1.59. The van der Waals surface area contributed by atoms with Gasteiger partial charge in [0.05, 0.1) is 0 Å². The van der Waals surface area contributed by atoms with Crippen molar-refractivity contribution in [3.63, 3.8) is 0 Å². The fraction of sp³-hybridized carbons (Fsp3) is 0.500. The van der Waals surface area contributed by atoms with E-state index in [2.05, 4.69) is 16.2 Å². The third-order valence-electron chi connectivity index (χ3n) is 3.17. The summed E-state index contributed by atoms with van der Waals surface area (Å²) < 4.78 is 5.12. The Kier molecular flexibility index (Phi) is 5.65. The third kappa shape index (κ3) is 5.28. The fourth-order valence-corrected chi connectivity index (χ4v) is 2.08. The summed E-state index contributed by atoms with van der Waals surface area (Å²) in [6, 6.07) is 9.96. The minimum atomic E-state index is -0.430. The number of hydrogen-bond acceptors (Lipinski definition) is 4. The Balaban J connectivity index is 1.64. The first-order chi connectivity index (χ1) is 9.34. The predicted molar refractivity (Wildman–Crippen MR) is 73.4 cm³/mol. The zero-order chi connectivity index (χ0) is 13.3. The minimum Gasteiger partial charge on any atom is -0.444 e. The smallest absolute Gasteiger partial charge is 0.421 e. The van der Waals surface area contributed by atoms with Crippen LogP contribution in [0.1, 0.15) is 24.8 Å². The lowest BCUT2D eigenvalue weighted by Gasteiger charge is -2.16. The molecule has 1 saturated heterocycles. The van der Waals surface area contributed by atoms with Gasteiger partial charge in [-0.25, -0.2) is 10.2 Å². The molecule has 1 atom stereocenters. The van der Waals surface area contributed by atoms with E-state index in [-0.39, 0.29) is 0 Å². The molecule has 0 aromatic heterocycles. The van der Waals surface area contributed by atoms with Crippen LogP contribution in [-0.4, -0.2) is 25.2 Å². The second kappa shape index (κ2) is 7.76. The van der Waals surface area contributed by atoms with Crippen molar-refractivity contribution in [1.82, 2.24) is 16.2 Å². The van der Waals surface area contributed by atoms with Gasteiger partial charge in [-0.2, -0.15) is 0 Å². The number of hydrazine groups is 1. The van der Waals surface area contributed by atoms with Crippen LogP contribution in [-0.2, 0) is 11.3 Å². The number of rotatable bonds is 4. The topological polar surface area (TPSA) is 62.4 Å². The highest BCUT2D eigenvalue weighted by Crippen LogP contribution is 2.04. The number of amides is 1. The maximum absolute atomic E-state index is 11.5. The van der Waals surface area contributed by atoms with Gasteiger partial charge in [-0.05, 0) is 37.9 Å². The van der Waals surface area contributed by atoms with Crippen LogP contribution >= 0.6 is 0 Å². The van der Waals surface area contributed by atoms with Gasteiger partial charge in [0.1, 0.15) is 6.61 Å². The minimum absolute atomic E-state index is 0.292. The summed E-state index contributed by atoms with van der Waals surface area (Å²) >= 11 is 0. The summed E-state index contributed by atoms with van der Waals surface area (Å²) in [5.41, 5.74) is 6.63. The molecule has 0 spiro atoms. The number of hydrogen-bond donors (Lipinski definition) is 3. The lowest BCUT2D eigenvalue weighted by atomic mass is 10.1. The molecule has 1 unspecified atom stereocenters. The van der Waals surface area contributed by atoms with E-state index in [0.29, 0.717) is 12.6 Å². The molecule has 0 bridgehead atoms. The molecule has 1 aromatic rings. The van der Waals surface area contributed by atoms with Crippen molar-refractivity contribution >= 4 is 6.09 Å². The van der Waals surface area contributed by atoms with Crippen LogP contribution in [0.2, 0.25) is 0 Å². The van der Waals surface area contributed by atoms with Crippen molar-refractivity contribution in [2.45, 2.75) is 31.9 Å². The Morgan fingerprint density at radius 1 is 1.26 bits per heavy atom. The molecule has 0 saturated carbocycles. The van der Waals surface area contributed by atoms with Crippen LogP contribution < -0.4 is 16.2 Å². The van der Waals surface area contributed by atoms with Gasteiger partial charge < -0.3 is 10.1 Å². The first-order valence-electron chi connectivity index (χ1n) is 6.77. The van der Waals surface area contributed by atoms with Crippen molar-refractivity contribution in [3.8, 4) is 0 Å². The predicted octanol–water partition coefficient (Wildman–Crippen LogP) is 1.56. The molecule has 1 aliphatic heterocycles. The molecule has 2 rings (SSSR count). The standard InChI is InChI=1S/C14H21N3O2/c18-14(19-11-12-5-2-1-3-6-12)17-16-13-7-4-9-15-10-8-13/h1-3,5-6,13,15-16H,4,7-11H2,(H,17,18). The molecule has 0 radical (unpaired) electrons. The Bertz CT molecular complexity index is 376. The van der Waals surface area contributed by atoms with Crippen molar-refractivity contribution in [3.05, 3.63) is 35.9 Å². The highest BCUT2D eigenvalue weighted by atomic mass is 16.6. The molecule has 19 heavy (non-hydrogen) atoms. The Labute approximate surface area is 113 Å². The van der Waals surface area contributed by atoms with Crippen LogP contribution in [0.25, 0.3) is 0 Å². The van der Waals surface area contributed by atoms with Gasteiger partial charge in [-0.1, -0.05) is 30.3 Å². The lowest BCUT2D eigenvalue weighted by molar-refractivity contribution is 0.132. The molecule has 1 aromatic carbocycles. The largest absolute Gasteiger partial charge is 0.444 e. The second-order valence-corrected chi connectivity index (χ2v) is 4.71. The maximum atomic E-state index is 11.5. The number of nitrogens with one attached hydrogen (secondary N) is 3. The van der Waals surface area contributed by atoms with Crippen molar-refractivity contribution in [1.29, 1.82) is 0 Å². The lowest BCUT2D eigenvalue weighted by Crippen LogP contribution is -2.44. The summed E-state index contributed by atoms with van der Waals surface area (Å²) in [7, 11) is 0. The van der Waals surface area contributed by atoms with Gasteiger partial charge in [0.15, 0.2) is 0 Å². The highest BCUT2D eigenvalue weighted by molar-refractivity contribution is 5.66. The SMILES string of the molecule is O=C(NNC1CCCNCC1)OCc1ccccc1. The average Bonchev–Trinajstić information content (AvgIpc) is 2.73. The van der Waals surface area contributed by atoms with Crippen LogP contribution in [0.4, 0.5) is 4.79 Å². The quantitative estimate of drug-likeness (QED) is 0.721. The van der Waals surface area contributed by atoms with E-state index in [1.54, 1.807) is 0 Å². The summed E-state index contributed by atoms with van der Waals surface area (Å²) in [5.74, 6) is 0. The first kappa shape index (κ1) is 13.8. The summed E-state index contributed by atoms with van der Waals surface area (Å²) in [4.78, 5) is 11.5. The molecular weight excluding hydrogens is 242 g/mol. The van der Waals surface area contributed by atoms with E-state index in [9.17, 15) is 4.79 Å². The average molecular weight is 263 g/mol. The van der Waals surface area contributed by atoms with Crippen LogP contribution in [0.3, 0.4) is 0 Å². The second-order valence-electron chi connectivity index (χ2n) is 4.71. The van der Waals surface area contributed by atoms with Crippen LogP contribution in [0.5, 0.6) is 0 Å². The van der Waals surface area contributed by atoms with Crippen molar-refractivity contribution in [2.24, 2.45) is 0 Å². The van der Waals surface area contributed by atoms with Gasteiger partial charge in [-0.3, -0.25) is 5.43 Å². The summed E-state index contributed by atoms with van der Waals surface area (Å²) in [6.45, 7) is 2.33. The van der Waals surface area contributed by atoms with E-state index < -0.39 is 6.09 Å². The van der Waals surface area contributed by atoms with E-state index in [4.69, 9.17) is 4.74 Å². The van der Waals surface area contributed by atoms with E-state index in [1.807, 2.05) is 30.3 Å². The summed E-state index contributed by atoms with van der Waals surface area (Å²) in [6.07, 6.45) is 2.77. The number of carbonyl (C=O) groups excluding carboxylic acids is 1. The third-order valence-corrected chi connectivity index (χ3v) is 3.17. The zero-order valence-electron chi connectivity index (χ0n) is 11.0. The van der Waals surface area contributed by atoms with Crippen LogP contribution in [0.15, 0.2) is 30.3 Å². The van der Waals surface area contributed by atoms with Gasteiger partial charge in [0, 0.05) is 6.04 Å². The van der Waals surface area contributed by atoms with Gasteiger partial charge in [0.25, 0.3) is 0 Å². The normalized spacial score (nSPS) is 19.5. The monoisotopic (exact) mass is 263 g/mol. The molecule has 1 amide bonds. The molecule has 1 fully saturated rings. The Morgan fingerprint density at radius 3 is 2.95 bits per heavy atom. The highest BCUT2D eigenvalue weighted by Gasteiger charge is 2.12. The molecular formula is C14H21N3O2.